The first kappa shape index (κ1) is 19.3. The highest BCUT2D eigenvalue weighted by Gasteiger charge is 2.39. The van der Waals surface area contributed by atoms with Crippen molar-refractivity contribution in [3.63, 3.8) is 0 Å². The summed E-state index contributed by atoms with van der Waals surface area (Å²) in [6.45, 7) is 5.32. The largest absolute Gasteiger partial charge is 0.450 e. The van der Waals surface area contributed by atoms with Crippen LogP contribution in [0.1, 0.15) is 25.0 Å². The van der Waals surface area contributed by atoms with Crippen LogP contribution in [0.2, 0.25) is 0 Å². The quantitative estimate of drug-likeness (QED) is 0.798. The Hall–Kier alpha value is -2.03. The number of halogens is 2. The fraction of sp³-hybridized carbons (Fsp3) is 0.550. The van der Waals surface area contributed by atoms with E-state index in [1.807, 2.05) is 0 Å². The lowest BCUT2D eigenvalue weighted by atomic mass is 9.93. The highest BCUT2D eigenvalue weighted by Crippen LogP contribution is 2.34. The summed E-state index contributed by atoms with van der Waals surface area (Å²) in [7, 11) is 0. The number of rotatable bonds is 3. The highest BCUT2D eigenvalue weighted by atomic mass is 19.1. The van der Waals surface area contributed by atoms with Gasteiger partial charge in [0, 0.05) is 43.8 Å². The van der Waals surface area contributed by atoms with E-state index < -0.39 is 23.8 Å². The van der Waals surface area contributed by atoms with Crippen molar-refractivity contribution in [2.45, 2.75) is 31.5 Å². The van der Waals surface area contributed by atoms with Crippen LogP contribution in [0.4, 0.5) is 13.6 Å². The van der Waals surface area contributed by atoms with Crippen LogP contribution in [0.3, 0.4) is 0 Å². The molecule has 3 aliphatic rings. The minimum absolute atomic E-state index is 0.115. The predicted octanol–water partition coefficient (Wildman–Crippen LogP) is 2.21. The molecule has 8 heteroatoms. The zero-order valence-electron chi connectivity index (χ0n) is 15.9. The van der Waals surface area contributed by atoms with Crippen molar-refractivity contribution >= 4 is 6.09 Å². The van der Waals surface area contributed by atoms with Gasteiger partial charge >= 0.3 is 6.09 Å². The van der Waals surface area contributed by atoms with Crippen LogP contribution < -0.4 is 5.73 Å². The zero-order chi connectivity index (χ0) is 19.8. The molecule has 3 aliphatic heterocycles. The molecule has 0 radical (unpaired) electrons. The molecule has 0 spiro atoms. The summed E-state index contributed by atoms with van der Waals surface area (Å²) < 4.78 is 38.5. The fourth-order valence-electron chi connectivity index (χ4n) is 4.36. The van der Waals surface area contributed by atoms with Gasteiger partial charge in [0.05, 0.1) is 13.2 Å². The Morgan fingerprint density at radius 3 is 2.61 bits per heavy atom. The Balaban J connectivity index is 1.34. The molecule has 3 heterocycles. The molecule has 4 rings (SSSR count). The average molecular weight is 393 g/mol. The third-order valence-corrected chi connectivity index (χ3v) is 5.76. The van der Waals surface area contributed by atoms with Gasteiger partial charge in [-0.05, 0) is 42.7 Å². The van der Waals surface area contributed by atoms with Crippen LogP contribution in [0.15, 0.2) is 29.3 Å². The van der Waals surface area contributed by atoms with Crippen LogP contribution in [0.25, 0.3) is 0 Å². The monoisotopic (exact) mass is 393 g/mol. The Morgan fingerprint density at radius 1 is 1.25 bits per heavy atom. The molecule has 28 heavy (non-hydrogen) atoms. The smallest absolute Gasteiger partial charge is 0.410 e. The van der Waals surface area contributed by atoms with Gasteiger partial charge in [-0.15, -0.1) is 0 Å². The third kappa shape index (κ3) is 3.64. The number of carbonyl (C=O) groups excluding carboxylic acids is 1. The Morgan fingerprint density at radius 2 is 1.96 bits per heavy atom. The van der Waals surface area contributed by atoms with Gasteiger partial charge in [-0.2, -0.15) is 0 Å². The van der Waals surface area contributed by atoms with Gasteiger partial charge in [0.25, 0.3) is 0 Å². The van der Waals surface area contributed by atoms with E-state index >= 15 is 0 Å². The van der Waals surface area contributed by atoms with Crippen LogP contribution in [-0.4, -0.2) is 67.4 Å². The summed E-state index contributed by atoms with van der Waals surface area (Å²) in [4.78, 5) is 15.9. The van der Waals surface area contributed by atoms with Gasteiger partial charge in [0.15, 0.2) is 0 Å². The Labute approximate surface area is 162 Å². The molecule has 6 nitrogen and oxygen atoms in total. The zero-order valence-corrected chi connectivity index (χ0v) is 15.9. The maximum atomic E-state index is 14.1. The molecule has 1 fully saturated rings. The van der Waals surface area contributed by atoms with Crippen molar-refractivity contribution in [1.29, 1.82) is 0 Å². The van der Waals surface area contributed by atoms with Gasteiger partial charge in [0.2, 0.25) is 0 Å². The number of hydrogen-bond acceptors (Lipinski definition) is 5. The Bertz CT molecular complexity index is 783. The number of nitrogens with two attached hydrogens (primary N) is 1. The first-order valence-electron chi connectivity index (χ1n) is 9.64. The van der Waals surface area contributed by atoms with Crippen molar-refractivity contribution in [2.75, 3.05) is 39.4 Å². The van der Waals surface area contributed by atoms with E-state index in [0.29, 0.717) is 32.7 Å². The normalized spacial score (nSPS) is 28.0. The van der Waals surface area contributed by atoms with Gasteiger partial charge in [-0.25, -0.2) is 13.6 Å². The summed E-state index contributed by atoms with van der Waals surface area (Å²) in [5, 5.41) is 0. The first-order chi connectivity index (χ1) is 13.5. The molecule has 2 N–H and O–H groups in total. The van der Waals surface area contributed by atoms with Crippen LogP contribution in [0.5, 0.6) is 0 Å². The number of carbonyl (C=O) groups is 1. The van der Waals surface area contributed by atoms with Crippen LogP contribution in [-0.2, 0) is 9.47 Å². The molecule has 3 atom stereocenters. The number of amides is 1. The lowest BCUT2D eigenvalue weighted by molar-refractivity contribution is -0.0469. The molecule has 1 aromatic rings. The maximum Gasteiger partial charge on any atom is 0.410 e. The van der Waals surface area contributed by atoms with E-state index in [9.17, 15) is 13.6 Å². The van der Waals surface area contributed by atoms with E-state index in [4.69, 9.17) is 15.2 Å². The molecular weight excluding hydrogens is 368 g/mol. The van der Waals surface area contributed by atoms with E-state index in [1.54, 1.807) is 11.8 Å². The van der Waals surface area contributed by atoms with Crippen molar-refractivity contribution < 1.29 is 23.0 Å². The van der Waals surface area contributed by atoms with Crippen LogP contribution in [0, 0.1) is 11.6 Å². The highest BCUT2D eigenvalue weighted by molar-refractivity contribution is 5.69. The lowest BCUT2D eigenvalue weighted by Gasteiger charge is -2.39. The molecule has 1 amide bonds. The summed E-state index contributed by atoms with van der Waals surface area (Å²) in [5.41, 5.74) is 8.95. The number of hydrogen-bond donors (Lipinski definition) is 1. The van der Waals surface area contributed by atoms with E-state index in [-0.39, 0.29) is 17.7 Å². The second kappa shape index (κ2) is 7.77. The van der Waals surface area contributed by atoms with Gasteiger partial charge in [0.1, 0.15) is 17.7 Å². The number of ether oxygens (including phenoxy) is 2. The summed E-state index contributed by atoms with van der Waals surface area (Å²) >= 11 is 0. The van der Waals surface area contributed by atoms with Gasteiger partial charge in [-0.3, -0.25) is 4.90 Å². The topological polar surface area (TPSA) is 68.0 Å². The predicted molar refractivity (Wildman–Crippen MR) is 98.6 cm³/mol. The molecule has 152 valence electrons. The summed E-state index contributed by atoms with van der Waals surface area (Å²) in [6.07, 6.45) is -0.275. The van der Waals surface area contributed by atoms with Crippen molar-refractivity contribution in [3.05, 3.63) is 46.5 Å². The molecule has 0 saturated carbocycles. The van der Waals surface area contributed by atoms with Gasteiger partial charge < -0.3 is 20.1 Å². The molecule has 0 unspecified atom stereocenters. The summed E-state index contributed by atoms with van der Waals surface area (Å²) in [6, 6.07) is 3.06. The molecule has 0 aromatic heterocycles. The SMILES string of the molecule is CCOC(=O)N1CC2=C(C1)CN([C@H]1CO[C@H](c3cc(F)ccc3F)[C@@H](N)C1)C2. The Kier molecular flexibility index (Phi) is 5.35. The average Bonchev–Trinajstić information content (AvgIpc) is 3.23. The van der Waals surface area contributed by atoms with Crippen LogP contribution >= 0.6 is 0 Å². The summed E-state index contributed by atoms with van der Waals surface area (Å²) in [5.74, 6) is -0.998. The molecular formula is C20H25F2N3O3. The van der Waals surface area contributed by atoms with E-state index in [0.717, 1.165) is 31.3 Å². The van der Waals surface area contributed by atoms with Crippen molar-refractivity contribution in [3.8, 4) is 0 Å². The maximum absolute atomic E-state index is 14.1. The molecule has 0 bridgehead atoms. The van der Waals surface area contributed by atoms with Gasteiger partial charge in [-0.1, -0.05) is 0 Å². The standard InChI is InChI=1S/C20H25F2N3O3/c1-2-27-20(26)25-9-12-7-24(8-13(12)10-25)15-6-18(23)19(28-11-15)16-5-14(21)3-4-17(16)22/h3-5,15,18-19H,2,6-11,23H2,1H3/t15-,18+,19-/m1/s1. The molecule has 0 aliphatic carbocycles. The van der Waals surface area contributed by atoms with E-state index in [2.05, 4.69) is 4.90 Å². The minimum Gasteiger partial charge on any atom is -0.450 e. The molecule has 1 aromatic carbocycles. The molecule has 1 saturated heterocycles. The first-order valence-corrected chi connectivity index (χ1v) is 9.64. The lowest BCUT2D eigenvalue weighted by Crippen LogP contribution is -2.49. The number of benzene rings is 1. The van der Waals surface area contributed by atoms with E-state index in [1.165, 1.54) is 11.1 Å². The number of nitrogens with zero attached hydrogens (tertiary/aromatic N) is 2. The second-order valence-electron chi connectivity index (χ2n) is 7.64. The fourth-order valence-corrected chi connectivity index (χ4v) is 4.36. The second-order valence-corrected chi connectivity index (χ2v) is 7.64. The van der Waals surface area contributed by atoms with Crippen molar-refractivity contribution in [1.82, 2.24) is 9.80 Å². The third-order valence-electron chi connectivity index (χ3n) is 5.76. The van der Waals surface area contributed by atoms with Crippen molar-refractivity contribution in [2.24, 2.45) is 5.73 Å². The minimum atomic E-state index is -0.645.